The van der Waals surface area contributed by atoms with Gasteiger partial charge in [0.1, 0.15) is 11.1 Å². The first kappa shape index (κ1) is 20.9. The van der Waals surface area contributed by atoms with Crippen LogP contribution < -0.4 is 5.63 Å². The standard InChI is InChI=1S/C26H23N3O4/c1-16-23-20(14-26(2,3)15-21(23)29(27-16)18-10-5-4-6-11-18)28-33-25(31)19-13-17-9-7-8-12-22(17)32-24(19)30/h4-13H,14-15H2,1-3H3/b28-20+. The van der Waals surface area contributed by atoms with Gasteiger partial charge in [0.15, 0.2) is 0 Å². The van der Waals surface area contributed by atoms with E-state index in [0.717, 1.165) is 29.1 Å². The van der Waals surface area contributed by atoms with E-state index in [4.69, 9.17) is 14.4 Å². The van der Waals surface area contributed by atoms with Crippen LogP contribution in [0.25, 0.3) is 16.7 Å². The smallest absolute Gasteiger partial charge is 0.373 e. The van der Waals surface area contributed by atoms with Crippen molar-refractivity contribution in [2.45, 2.75) is 33.6 Å². The average molecular weight is 441 g/mol. The molecule has 0 spiro atoms. The summed E-state index contributed by atoms with van der Waals surface area (Å²) >= 11 is 0. The summed E-state index contributed by atoms with van der Waals surface area (Å²) in [5.74, 6) is -0.847. The minimum absolute atomic E-state index is 0.112. The fourth-order valence-corrected chi connectivity index (χ4v) is 4.38. The van der Waals surface area contributed by atoms with Crippen molar-refractivity contribution in [2.75, 3.05) is 0 Å². The molecule has 0 amide bonds. The Morgan fingerprint density at radius 3 is 2.61 bits per heavy atom. The molecule has 166 valence electrons. The topological polar surface area (TPSA) is 86.7 Å². The van der Waals surface area contributed by atoms with Gasteiger partial charge in [-0.3, -0.25) is 0 Å². The second-order valence-electron chi connectivity index (χ2n) is 9.07. The molecule has 1 aliphatic rings. The number of aromatic nitrogens is 2. The Morgan fingerprint density at radius 2 is 1.82 bits per heavy atom. The normalized spacial score (nSPS) is 16.0. The summed E-state index contributed by atoms with van der Waals surface area (Å²) in [6.07, 6.45) is 1.42. The molecule has 7 nitrogen and oxygen atoms in total. The first-order chi connectivity index (χ1) is 15.8. The SMILES string of the molecule is Cc1nn(-c2ccccc2)c2c1/C(=N/OC(=O)c1cc3ccccc3oc1=O)CC(C)(C)C2. The monoisotopic (exact) mass is 441 g/mol. The number of hydrogen-bond donors (Lipinski definition) is 0. The minimum atomic E-state index is -0.847. The Labute approximate surface area is 190 Å². The number of aryl methyl sites for hydroxylation is 1. The number of para-hydroxylation sites is 2. The first-order valence-corrected chi connectivity index (χ1v) is 10.8. The molecule has 0 aliphatic heterocycles. The highest BCUT2D eigenvalue weighted by atomic mass is 16.7. The highest BCUT2D eigenvalue weighted by molar-refractivity contribution is 6.04. The van der Waals surface area contributed by atoms with Crippen molar-refractivity contribution in [2.24, 2.45) is 10.6 Å². The number of carbonyl (C=O) groups is 1. The molecule has 7 heteroatoms. The molecular weight excluding hydrogens is 418 g/mol. The fraction of sp³-hybridized carbons (Fsp3) is 0.231. The Bertz CT molecular complexity index is 1460. The van der Waals surface area contributed by atoms with Gasteiger partial charge in [-0.1, -0.05) is 55.4 Å². The second kappa shape index (κ2) is 7.85. The van der Waals surface area contributed by atoms with E-state index in [-0.39, 0.29) is 11.0 Å². The largest absolute Gasteiger partial charge is 0.422 e. The highest BCUT2D eigenvalue weighted by Gasteiger charge is 2.35. The van der Waals surface area contributed by atoms with Gasteiger partial charge in [0.2, 0.25) is 0 Å². The van der Waals surface area contributed by atoms with Crippen molar-refractivity contribution in [1.29, 1.82) is 0 Å². The van der Waals surface area contributed by atoms with E-state index >= 15 is 0 Å². The Morgan fingerprint density at radius 1 is 1.09 bits per heavy atom. The molecule has 0 fully saturated rings. The number of rotatable bonds is 3. The average Bonchev–Trinajstić information content (AvgIpc) is 3.12. The maximum Gasteiger partial charge on any atom is 0.373 e. The summed E-state index contributed by atoms with van der Waals surface area (Å²) in [5, 5.41) is 9.60. The van der Waals surface area contributed by atoms with E-state index < -0.39 is 11.6 Å². The molecule has 0 unspecified atom stereocenters. The number of nitrogens with zero attached hydrogens (tertiary/aromatic N) is 3. The van der Waals surface area contributed by atoms with E-state index in [1.54, 1.807) is 24.3 Å². The van der Waals surface area contributed by atoms with E-state index in [0.29, 0.717) is 23.1 Å². The van der Waals surface area contributed by atoms with Gasteiger partial charge in [-0.25, -0.2) is 14.3 Å². The van der Waals surface area contributed by atoms with E-state index in [9.17, 15) is 9.59 Å². The molecule has 1 aliphatic carbocycles. The van der Waals surface area contributed by atoms with Crippen molar-refractivity contribution >= 4 is 22.7 Å². The predicted octanol–water partition coefficient (Wildman–Crippen LogP) is 4.82. The summed E-state index contributed by atoms with van der Waals surface area (Å²) in [6, 6.07) is 18.4. The van der Waals surface area contributed by atoms with E-state index in [1.807, 2.05) is 41.9 Å². The van der Waals surface area contributed by atoms with Gasteiger partial charge in [0.25, 0.3) is 0 Å². The highest BCUT2D eigenvalue weighted by Crippen LogP contribution is 2.37. The maximum atomic E-state index is 12.7. The molecule has 4 aromatic rings. The van der Waals surface area contributed by atoms with Crippen LogP contribution in [0.2, 0.25) is 0 Å². The van der Waals surface area contributed by atoms with Gasteiger partial charge >= 0.3 is 11.6 Å². The zero-order valence-electron chi connectivity index (χ0n) is 18.7. The van der Waals surface area contributed by atoms with E-state index in [2.05, 4.69) is 19.0 Å². The van der Waals surface area contributed by atoms with Gasteiger partial charge in [0.05, 0.1) is 22.8 Å². The van der Waals surface area contributed by atoms with Gasteiger partial charge in [0, 0.05) is 10.9 Å². The molecule has 33 heavy (non-hydrogen) atoms. The molecule has 2 aromatic carbocycles. The lowest BCUT2D eigenvalue weighted by Gasteiger charge is -2.30. The summed E-state index contributed by atoms with van der Waals surface area (Å²) in [5.41, 5.74) is 3.67. The zero-order chi connectivity index (χ0) is 23.2. The maximum absolute atomic E-state index is 12.7. The predicted molar refractivity (Wildman–Crippen MR) is 125 cm³/mol. The van der Waals surface area contributed by atoms with Crippen LogP contribution in [0.15, 0.2) is 75.0 Å². The first-order valence-electron chi connectivity index (χ1n) is 10.8. The van der Waals surface area contributed by atoms with Crippen LogP contribution in [0.4, 0.5) is 0 Å². The Hall–Kier alpha value is -4.00. The summed E-state index contributed by atoms with van der Waals surface area (Å²) in [7, 11) is 0. The van der Waals surface area contributed by atoms with Crippen LogP contribution in [0.3, 0.4) is 0 Å². The zero-order valence-corrected chi connectivity index (χ0v) is 18.7. The molecule has 0 bridgehead atoms. The van der Waals surface area contributed by atoms with Gasteiger partial charge in [-0.15, -0.1) is 0 Å². The van der Waals surface area contributed by atoms with Crippen LogP contribution in [0, 0.1) is 12.3 Å². The Balaban J connectivity index is 1.52. The van der Waals surface area contributed by atoms with Gasteiger partial charge in [-0.2, -0.15) is 5.10 Å². The quantitative estimate of drug-likeness (QED) is 0.258. The van der Waals surface area contributed by atoms with Crippen molar-refractivity contribution < 1.29 is 14.0 Å². The minimum Gasteiger partial charge on any atom is -0.422 e. The summed E-state index contributed by atoms with van der Waals surface area (Å²) < 4.78 is 7.18. The molecule has 0 atom stereocenters. The molecule has 0 saturated heterocycles. The van der Waals surface area contributed by atoms with Crippen molar-refractivity contribution in [3.05, 3.63) is 93.6 Å². The number of benzene rings is 2. The lowest BCUT2D eigenvalue weighted by molar-refractivity contribution is 0.0509. The molecule has 0 saturated carbocycles. The summed E-state index contributed by atoms with van der Waals surface area (Å²) in [6.45, 7) is 6.21. The third-order valence-electron chi connectivity index (χ3n) is 5.84. The number of oxime groups is 1. The molecule has 0 radical (unpaired) electrons. The molecule has 2 aromatic heterocycles. The number of carbonyl (C=O) groups excluding carboxylic acids is 1. The van der Waals surface area contributed by atoms with Crippen molar-refractivity contribution in [1.82, 2.24) is 9.78 Å². The van der Waals surface area contributed by atoms with Crippen LogP contribution in [0.5, 0.6) is 0 Å². The molecule has 0 N–H and O–H groups in total. The lowest BCUT2D eigenvalue weighted by Crippen LogP contribution is -2.29. The van der Waals surface area contributed by atoms with Crippen molar-refractivity contribution in [3.8, 4) is 5.69 Å². The third-order valence-corrected chi connectivity index (χ3v) is 5.84. The fourth-order valence-electron chi connectivity index (χ4n) is 4.38. The second-order valence-corrected chi connectivity index (χ2v) is 9.07. The van der Waals surface area contributed by atoms with Crippen LogP contribution in [-0.2, 0) is 11.3 Å². The van der Waals surface area contributed by atoms with Crippen LogP contribution >= 0.6 is 0 Å². The number of hydrogen-bond acceptors (Lipinski definition) is 6. The number of fused-ring (bicyclic) bond motifs is 2. The van der Waals surface area contributed by atoms with Crippen LogP contribution in [-0.4, -0.2) is 21.5 Å². The third kappa shape index (κ3) is 3.86. The van der Waals surface area contributed by atoms with E-state index in [1.165, 1.54) is 6.07 Å². The molecular formula is C26H23N3O4. The van der Waals surface area contributed by atoms with Gasteiger partial charge in [-0.05, 0) is 49.4 Å². The van der Waals surface area contributed by atoms with Crippen LogP contribution in [0.1, 0.15) is 47.6 Å². The Kier molecular flexibility index (Phi) is 4.96. The van der Waals surface area contributed by atoms with Gasteiger partial charge < -0.3 is 9.25 Å². The summed E-state index contributed by atoms with van der Waals surface area (Å²) in [4.78, 5) is 30.3. The molecule has 5 rings (SSSR count). The lowest BCUT2D eigenvalue weighted by atomic mass is 9.75. The van der Waals surface area contributed by atoms with Crippen molar-refractivity contribution in [3.63, 3.8) is 0 Å². The molecule has 2 heterocycles.